The normalized spacial score (nSPS) is 12.3. The second-order valence-electron chi connectivity index (χ2n) is 4.98. The summed E-state index contributed by atoms with van der Waals surface area (Å²) in [6.45, 7) is 3.74. The number of carbonyl (C=O) groups excluding carboxylic acids is 1. The highest BCUT2D eigenvalue weighted by Gasteiger charge is 2.13. The van der Waals surface area contributed by atoms with Gasteiger partial charge in [-0.3, -0.25) is 9.78 Å². The van der Waals surface area contributed by atoms with Gasteiger partial charge in [0.05, 0.1) is 11.7 Å². The highest BCUT2D eigenvalue weighted by Crippen LogP contribution is 2.13. The van der Waals surface area contributed by atoms with Gasteiger partial charge in [0.2, 0.25) is 0 Å². The Kier molecular flexibility index (Phi) is 5.05. The summed E-state index contributed by atoms with van der Waals surface area (Å²) in [4.78, 5) is 16.5. The minimum Gasteiger partial charge on any atom is -0.345 e. The van der Waals surface area contributed by atoms with Crippen LogP contribution in [0.5, 0.6) is 0 Å². The molecule has 0 spiro atoms. The summed E-state index contributed by atoms with van der Waals surface area (Å²) in [7, 11) is 0. The fraction of sp³-hybridized carbons (Fsp3) is 0.167. The van der Waals surface area contributed by atoms with Crippen molar-refractivity contribution in [3.05, 3.63) is 71.1 Å². The van der Waals surface area contributed by atoms with Gasteiger partial charge >= 0.3 is 0 Å². The van der Waals surface area contributed by atoms with Gasteiger partial charge in [0.25, 0.3) is 5.91 Å². The molecule has 0 aliphatic rings. The van der Waals surface area contributed by atoms with Crippen LogP contribution in [0, 0.1) is 18.3 Å². The molecule has 2 rings (SSSR count). The van der Waals surface area contributed by atoms with Crippen LogP contribution in [-0.4, -0.2) is 10.9 Å². The number of aromatic nitrogens is 1. The van der Waals surface area contributed by atoms with Crippen LogP contribution in [0.15, 0.2) is 54.1 Å². The van der Waals surface area contributed by atoms with Crippen LogP contribution in [0.25, 0.3) is 6.08 Å². The van der Waals surface area contributed by atoms with Crippen LogP contribution < -0.4 is 5.32 Å². The van der Waals surface area contributed by atoms with E-state index in [0.717, 1.165) is 11.3 Å². The van der Waals surface area contributed by atoms with Gasteiger partial charge in [-0.1, -0.05) is 36.4 Å². The first-order valence-electron chi connectivity index (χ1n) is 7.01. The van der Waals surface area contributed by atoms with Gasteiger partial charge < -0.3 is 5.32 Å². The van der Waals surface area contributed by atoms with Crippen molar-refractivity contribution in [2.75, 3.05) is 0 Å². The maximum absolute atomic E-state index is 12.2. The number of hydrogen-bond donors (Lipinski definition) is 1. The number of hydrogen-bond acceptors (Lipinski definition) is 3. The van der Waals surface area contributed by atoms with Crippen molar-refractivity contribution in [1.82, 2.24) is 10.3 Å². The van der Waals surface area contributed by atoms with Crippen molar-refractivity contribution in [3.8, 4) is 6.07 Å². The van der Waals surface area contributed by atoms with E-state index in [4.69, 9.17) is 0 Å². The summed E-state index contributed by atoms with van der Waals surface area (Å²) in [6, 6.07) is 16.8. The van der Waals surface area contributed by atoms with Crippen molar-refractivity contribution < 1.29 is 4.79 Å². The van der Waals surface area contributed by atoms with Gasteiger partial charge in [-0.15, -0.1) is 0 Å². The Morgan fingerprint density at radius 3 is 2.59 bits per heavy atom. The lowest BCUT2D eigenvalue weighted by Gasteiger charge is -2.13. The molecule has 0 aliphatic heterocycles. The van der Waals surface area contributed by atoms with Crippen molar-refractivity contribution in [3.63, 3.8) is 0 Å². The molecule has 110 valence electrons. The molecule has 0 fully saturated rings. The average molecular weight is 291 g/mol. The van der Waals surface area contributed by atoms with Crippen molar-refractivity contribution in [1.29, 1.82) is 5.26 Å². The lowest BCUT2D eigenvalue weighted by molar-refractivity contribution is -0.117. The minimum absolute atomic E-state index is 0.0425. The van der Waals surface area contributed by atoms with Gasteiger partial charge in [-0.05, 0) is 37.6 Å². The summed E-state index contributed by atoms with van der Waals surface area (Å²) >= 11 is 0. The van der Waals surface area contributed by atoms with E-state index in [1.165, 1.54) is 6.08 Å². The third kappa shape index (κ3) is 4.03. The molecular weight excluding hydrogens is 274 g/mol. The van der Waals surface area contributed by atoms with E-state index < -0.39 is 5.91 Å². The molecule has 0 radical (unpaired) electrons. The van der Waals surface area contributed by atoms with Gasteiger partial charge in [0.15, 0.2) is 0 Å². The minimum atomic E-state index is -0.401. The second kappa shape index (κ2) is 7.19. The highest BCUT2D eigenvalue weighted by atomic mass is 16.1. The summed E-state index contributed by atoms with van der Waals surface area (Å²) in [5, 5.41) is 12.0. The number of pyridine rings is 1. The number of aryl methyl sites for hydroxylation is 1. The third-order valence-corrected chi connectivity index (χ3v) is 3.21. The lowest BCUT2D eigenvalue weighted by atomic mass is 10.1. The summed E-state index contributed by atoms with van der Waals surface area (Å²) < 4.78 is 0. The highest BCUT2D eigenvalue weighted by molar-refractivity contribution is 6.01. The topological polar surface area (TPSA) is 65.8 Å². The standard InChI is InChI=1S/C18H17N3O/c1-13-7-6-10-17(20-13)11-16(12-19)18(22)21-14(2)15-8-4-3-5-9-15/h3-11,14H,1-2H3,(H,21,22)/b16-11+/t14-/m0/s1. The number of nitriles is 1. The van der Waals surface area contributed by atoms with E-state index in [9.17, 15) is 10.1 Å². The first-order chi connectivity index (χ1) is 10.6. The predicted octanol–water partition coefficient (Wildman–Crippen LogP) is 3.17. The maximum atomic E-state index is 12.2. The SMILES string of the molecule is Cc1cccc(/C=C(\C#N)C(=O)N[C@@H](C)c2ccccc2)n1. The first-order valence-corrected chi connectivity index (χ1v) is 7.01. The third-order valence-electron chi connectivity index (χ3n) is 3.21. The average Bonchev–Trinajstić information content (AvgIpc) is 2.53. The molecule has 1 amide bonds. The summed E-state index contributed by atoms with van der Waals surface area (Å²) in [5.74, 6) is -0.401. The molecule has 1 atom stereocenters. The van der Waals surface area contributed by atoms with Crippen LogP contribution >= 0.6 is 0 Å². The van der Waals surface area contributed by atoms with Crippen LogP contribution in [0.4, 0.5) is 0 Å². The summed E-state index contributed by atoms with van der Waals surface area (Å²) in [6.07, 6.45) is 1.50. The van der Waals surface area contributed by atoms with E-state index >= 15 is 0 Å². The van der Waals surface area contributed by atoms with Crippen LogP contribution in [0.3, 0.4) is 0 Å². The van der Waals surface area contributed by atoms with Crippen LogP contribution in [-0.2, 0) is 4.79 Å². The summed E-state index contributed by atoms with van der Waals surface area (Å²) in [5.41, 5.74) is 2.46. The zero-order valence-electron chi connectivity index (χ0n) is 12.6. The fourth-order valence-electron chi connectivity index (χ4n) is 2.04. The number of nitrogens with one attached hydrogen (secondary N) is 1. The Labute approximate surface area is 130 Å². The van der Waals surface area contributed by atoms with Crippen molar-refractivity contribution in [2.24, 2.45) is 0 Å². The molecule has 1 heterocycles. The molecule has 0 bridgehead atoms. The number of amides is 1. The molecule has 2 aromatic rings. The van der Waals surface area contributed by atoms with Gasteiger partial charge in [-0.25, -0.2) is 0 Å². The predicted molar refractivity (Wildman–Crippen MR) is 85.6 cm³/mol. The molecule has 4 nitrogen and oxygen atoms in total. The smallest absolute Gasteiger partial charge is 0.262 e. The van der Waals surface area contributed by atoms with Crippen LogP contribution in [0.2, 0.25) is 0 Å². The van der Waals surface area contributed by atoms with E-state index in [1.54, 1.807) is 6.07 Å². The second-order valence-corrected chi connectivity index (χ2v) is 4.98. The van der Waals surface area contributed by atoms with Gasteiger partial charge in [0, 0.05) is 5.69 Å². The monoisotopic (exact) mass is 291 g/mol. The van der Waals surface area contributed by atoms with E-state index in [2.05, 4.69) is 10.3 Å². The number of benzene rings is 1. The molecule has 22 heavy (non-hydrogen) atoms. The van der Waals surface area contributed by atoms with Crippen molar-refractivity contribution >= 4 is 12.0 Å². The lowest BCUT2D eigenvalue weighted by Crippen LogP contribution is -2.27. The largest absolute Gasteiger partial charge is 0.345 e. The quantitative estimate of drug-likeness (QED) is 0.695. The number of nitrogens with zero attached hydrogens (tertiary/aromatic N) is 2. The Balaban J connectivity index is 2.14. The van der Waals surface area contributed by atoms with E-state index in [-0.39, 0.29) is 11.6 Å². The Hall–Kier alpha value is -2.93. The zero-order valence-corrected chi connectivity index (χ0v) is 12.6. The van der Waals surface area contributed by atoms with Crippen molar-refractivity contribution in [2.45, 2.75) is 19.9 Å². The number of rotatable bonds is 4. The molecule has 0 saturated carbocycles. The van der Waals surface area contributed by atoms with Gasteiger partial charge in [0.1, 0.15) is 11.6 Å². The Morgan fingerprint density at radius 1 is 1.23 bits per heavy atom. The molecule has 0 unspecified atom stereocenters. The molecule has 0 aliphatic carbocycles. The molecule has 1 N–H and O–H groups in total. The van der Waals surface area contributed by atoms with E-state index in [0.29, 0.717) is 5.69 Å². The molecule has 0 saturated heterocycles. The first kappa shape index (κ1) is 15.5. The molecule has 1 aromatic carbocycles. The van der Waals surface area contributed by atoms with Gasteiger partial charge in [-0.2, -0.15) is 5.26 Å². The zero-order chi connectivity index (χ0) is 15.9. The van der Waals surface area contributed by atoms with Crippen LogP contribution in [0.1, 0.15) is 29.9 Å². The van der Waals surface area contributed by atoms with E-state index in [1.807, 2.05) is 62.4 Å². The Morgan fingerprint density at radius 2 is 1.95 bits per heavy atom. The number of carbonyl (C=O) groups is 1. The Bertz CT molecular complexity index is 729. The maximum Gasteiger partial charge on any atom is 0.262 e. The molecule has 1 aromatic heterocycles. The molecule has 4 heteroatoms. The molecular formula is C18H17N3O. The fourth-order valence-corrected chi connectivity index (χ4v) is 2.04.